The molecule has 0 saturated carbocycles. The van der Waals surface area contributed by atoms with E-state index >= 15 is 0 Å². The number of hydrogen-bond donors (Lipinski definition) is 3. The fourth-order valence-electron chi connectivity index (χ4n) is 8.34. The Morgan fingerprint density at radius 1 is 0.355 bits per heavy atom. The molecule has 2 unspecified atom stereocenters. The van der Waals surface area contributed by atoms with Crippen molar-refractivity contribution in [3.05, 3.63) is 0 Å². The molecule has 0 aliphatic carbocycles. The third-order valence-electron chi connectivity index (χ3n) is 13.0. The maximum absolute atomic E-state index is 12.9. The van der Waals surface area contributed by atoms with Crippen LogP contribution in [0.3, 0.4) is 0 Å². The van der Waals surface area contributed by atoms with Gasteiger partial charge in [-0.15, -0.1) is 0 Å². The summed E-state index contributed by atoms with van der Waals surface area (Å²) < 4.78 is 67.4. The van der Waals surface area contributed by atoms with Crippen LogP contribution >= 0.6 is 15.6 Å². The van der Waals surface area contributed by atoms with Gasteiger partial charge in [0.15, 0.2) is 12.2 Å². The molecule has 76 heavy (non-hydrogen) atoms. The average molecular weight is 1130 g/mol. The highest BCUT2D eigenvalue weighted by atomic mass is 31.2. The summed E-state index contributed by atoms with van der Waals surface area (Å²) in [7, 11) is -9.86. The summed E-state index contributed by atoms with van der Waals surface area (Å²) in [5.74, 6) is -1.45. The minimum Gasteiger partial charge on any atom is -0.462 e. The van der Waals surface area contributed by atoms with Crippen LogP contribution in [0.4, 0.5) is 0 Å². The first kappa shape index (κ1) is 74.1. The number of hydrogen-bond acceptors (Lipinski definition) is 15. The summed E-state index contributed by atoms with van der Waals surface area (Å²) >= 11 is 0. The molecule has 0 fully saturated rings. The predicted molar refractivity (Wildman–Crippen MR) is 298 cm³/mol. The van der Waals surface area contributed by atoms with Crippen molar-refractivity contribution in [1.82, 2.24) is 0 Å². The molecule has 3 N–H and O–H groups in total. The van der Waals surface area contributed by atoms with E-state index in [0.29, 0.717) is 31.6 Å². The average Bonchev–Trinajstić information content (AvgIpc) is 3.38. The van der Waals surface area contributed by atoms with Gasteiger partial charge in [-0.25, -0.2) is 9.13 Å². The zero-order valence-corrected chi connectivity index (χ0v) is 50.2. The van der Waals surface area contributed by atoms with Crippen LogP contribution in [-0.4, -0.2) is 96.7 Å². The molecule has 0 aromatic rings. The molecule has 0 aromatic carbocycles. The molecule has 0 aliphatic rings. The van der Waals surface area contributed by atoms with E-state index < -0.39 is 97.5 Å². The van der Waals surface area contributed by atoms with Crippen LogP contribution in [0.15, 0.2) is 0 Å². The van der Waals surface area contributed by atoms with E-state index in [9.17, 15) is 43.2 Å². The first-order valence-corrected chi connectivity index (χ1v) is 33.1. The van der Waals surface area contributed by atoms with Crippen molar-refractivity contribution in [2.45, 2.75) is 297 Å². The molecule has 19 heteroatoms. The highest BCUT2D eigenvalue weighted by Gasteiger charge is 2.30. The van der Waals surface area contributed by atoms with E-state index in [1.165, 1.54) is 83.5 Å². The lowest BCUT2D eigenvalue weighted by Gasteiger charge is -2.21. The standard InChI is InChI=1S/C57H110O17P2/c1-6-9-12-15-17-19-20-21-22-23-27-33-38-43-57(62)74-53(47-68-55(60)41-36-31-28-24-25-30-34-39-50(4)5)49-72-76(65,66)70-45-51(58)44-69-75(63,64)71-48-52(46-67-54(59)40-35-29-14-11-8-3)73-56(61)42-37-32-26-18-16-13-10-7-2/h50-53,58H,6-49H2,1-5H3,(H,63,64)(H,65,66)/t51-,52+,53+/m0/s1. The number of rotatable bonds is 57. The van der Waals surface area contributed by atoms with Gasteiger partial charge in [-0.3, -0.25) is 37.3 Å². The van der Waals surface area contributed by atoms with Crippen molar-refractivity contribution in [2.75, 3.05) is 39.6 Å². The molecule has 0 rings (SSSR count). The second-order valence-electron chi connectivity index (χ2n) is 21.2. The van der Waals surface area contributed by atoms with Crippen molar-refractivity contribution < 1.29 is 80.2 Å². The third-order valence-corrected chi connectivity index (χ3v) is 14.9. The normalized spacial score (nSPS) is 14.4. The van der Waals surface area contributed by atoms with Crippen molar-refractivity contribution in [3.63, 3.8) is 0 Å². The van der Waals surface area contributed by atoms with Crippen molar-refractivity contribution in [2.24, 2.45) is 5.92 Å². The lowest BCUT2D eigenvalue weighted by atomic mass is 10.0. The summed E-state index contributed by atoms with van der Waals surface area (Å²) in [5.41, 5.74) is 0. The maximum atomic E-state index is 12.9. The van der Waals surface area contributed by atoms with Crippen LogP contribution < -0.4 is 0 Å². The Morgan fingerprint density at radius 2 is 0.605 bits per heavy atom. The van der Waals surface area contributed by atoms with E-state index in [4.69, 9.17) is 37.0 Å². The molecule has 0 bridgehead atoms. The van der Waals surface area contributed by atoms with Gasteiger partial charge in [-0.1, -0.05) is 227 Å². The number of phosphoric ester groups is 2. The zero-order chi connectivity index (χ0) is 56.4. The monoisotopic (exact) mass is 1130 g/mol. The molecular weight excluding hydrogens is 1020 g/mol. The number of ether oxygens (including phenoxy) is 4. The second kappa shape index (κ2) is 51.2. The van der Waals surface area contributed by atoms with E-state index in [2.05, 4.69) is 34.6 Å². The maximum Gasteiger partial charge on any atom is 0.472 e. The molecule has 0 spiro atoms. The molecule has 0 heterocycles. The Morgan fingerprint density at radius 3 is 0.895 bits per heavy atom. The van der Waals surface area contributed by atoms with Gasteiger partial charge in [0.25, 0.3) is 0 Å². The number of unbranched alkanes of at least 4 members (excludes halogenated alkanes) is 29. The summed E-state index contributed by atoms with van der Waals surface area (Å²) in [6, 6.07) is 0. The van der Waals surface area contributed by atoms with Gasteiger partial charge in [0.1, 0.15) is 19.3 Å². The first-order valence-electron chi connectivity index (χ1n) is 30.1. The molecule has 0 aromatic heterocycles. The minimum atomic E-state index is -4.93. The number of esters is 4. The van der Waals surface area contributed by atoms with Gasteiger partial charge in [0.2, 0.25) is 0 Å². The molecule has 0 amide bonds. The smallest absolute Gasteiger partial charge is 0.462 e. The Bertz CT molecular complexity index is 1500. The van der Waals surface area contributed by atoms with Crippen molar-refractivity contribution in [1.29, 1.82) is 0 Å². The minimum absolute atomic E-state index is 0.104. The number of aliphatic hydroxyl groups excluding tert-OH is 1. The number of carbonyl (C=O) groups excluding carboxylic acids is 4. The Kier molecular flexibility index (Phi) is 49.9. The quantitative estimate of drug-likeness (QED) is 0.0222. The molecule has 0 radical (unpaired) electrons. The van der Waals surface area contributed by atoms with E-state index in [1.54, 1.807) is 0 Å². The molecular formula is C57H110O17P2. The summed E-state index contributed by atoms with van der Waals surface area (Å²) in [5, 5.41) is 10.5. The third kappa shape index (κ3) is 51.5. The van der Waals surface area contributed by atoms with Crippen LogP contribution in [0.5, 0.6) is 0 Å². The Labute approximate surface area is 460 Å². The van der Waals surface area contributed by atoms with Crippen LogP contribution in [0.25, 0.3) is 0 Å². The van der Waals surface area contributed by atoms with Crippen LogP contribution in [0, 0.1) is 5.92 Å². The van der Waals surface area contributed by atoms with Gasteiger partial charge in [0, 0.05) is 25.7 Å². The van der Waals surface area contributed by atoms with Gasteiger partial charge in [-0.2, -0.15) is 0 Å². The van der Waals surface area contributed by atoms with Gasteiger partial charge in [0.05, 0.1) is 26.4 Å². The number of aliphatic hydroxyl groups is 1. The fourth-order valence-corrected chi connectivity index (χ4v) is 9.92. The molecule has 5 atom stereocenters. The first-order chi connectivity index (χ1) is 36.5. The van der Waals surface area contributed by atoms with Gasteiger partial charge in [-0.05, 0) is 31.6 Å². The molecule has 17 nitrogen and oxygen atoms in total. The summed E-state index contributed by atoms with van der Waals surface area (Å²) in [6.45, 7) is 6.97. The van der Waals surface area contributed by atoms with Crippen molar-refractivity contribution in [3.8, 4) is 0 Å². The highest BCUT2D eigenvalue weighted by Crippen LogP contribution is 2.45. The Balaban J connectivity index is 5.17. The summed E-state index contributed by atoms with van der Waals surface area (Å²) in [4.78, 5) is 71.5. The van der Waals surface area contributed by atoms with E-state index in [1.807, 2.05) is 0 Å². The van der Waals surface area contributed by atoms with Crippen LogP contribution in [0.2, 0.25) is 0 Å². The predicted octanol–water partition coefficient (Wildman–Crippen LogP) is 15.1. The highest BCUT2D eigenvalue weighted by molar-refractivity contribution is 7.47. The largest absolute Gasteiger partial charge is 0.472 e. The topological polar surface area (TPSA) is 237 Å². The van der Waals surface area contributed by atoms with E-state index in [0.717, 1.165) is 109 Å². The Hall–Kier alpha value is -1.94. The molecule has 450 valence electrons. The number of phosphoric acid groups is 2. The lowest BCUT2D eigenvalue weighted by molar-refractivity contribution is -0.161. The van der Waals surface area contributed by atoms with Crippen LogP contribution in [-0.2, 0) is 65.4 Å². The van der Waals surface area contributed by atoms with Crippen molar-refractivity contribution >= 4 is 39.5 Å². The second-order valence-corrected chi connectivity index (χ2v) is 24.1. The fraction of sp³-hybridized carbons (Fsp3) is 0.930. The molecule has 0 aliphatic heterocycles. The van der Waals surface area contributed by atoms with Gasteiger partial charge < -0.3 is 33.8 Å². The number of carbonyl (C=O) groups is 4. The zero-order valence-electron chi connectivity index (χ0n) is 48.4. The lowest BCUT2D eigenvalue weighted by Crippen LogP contribution is -2.30. The van der Waals surface area contributed by atoms with E-state index in [-0.39, 0.29) is 25.7 Å². The molecule has 0 saturated heterocycles. The summed E-state index contributed by atoms with van der Waals surface area (Å²) in [6.07, 6.45) is 32.5. The van der Waals surface area contributed by atoms with Crippen LogP contribution in [0.1, 0.15) is 279 Å². The SMILES string of the molecule is CCCCCCCCCCCCCCCC(=O)O[C@H](COC(=O)CCCCCCCCCC(C)C)COP(=O)(O)OC[C@@H](O)COP(=O)(O)OC[C@@H](COC(=O)CCCCCCC)OC(=O)CCCCCCCCCC. The van der Waals surface area contributed by atoms with Gasteiger partial charge >= 0.3 is 39.5 Å².